The molecule has 0 bridgehead atoms. The van der Waals surface area contributed by atoms with Crippen molar-refractivity contribution in [3.05, 3.63) is 31.9 Å². The molecule has 0 aromatic carbocycles. The molecule has 7 heavy (non-hydrogen) atoms. The average molecular weight is 91.0 g/mol. The SMILES string of the molecule is [Li+].[N-]=[N+]=[N-].[N-]=[N+]=[N-]. The third-order valence-corrected chi connectivity index (χ3v) is 0. The van der Waals surface area contributed by atoms with Crippen molar-refractivity contribution in [2.75, 3.05) is 0 Å². The summed E-state index contributed by atoms with van der Waals surface area (Å²) in [6.07, 6.45) is 0. The summed E-state index contributed by atoms with van der Waals surface area (Å²) in [5.41, 5.74) is 27.0. The third kappa shape index (κ3) is 88.2. The van der Waals surface area contributed by atoms with Gasteiger partial charge in [-0.2, -0.15) is 0 Å². The summed E-state index contributed by atoms with van der Waals surface area (Å²) in [5, 5.41) is 0. The maximum atomic E-state index is 6.75. The first kappa shape index (κ1) is 16.3. The summed E-state index contributed by atoms with van der Waals surface area (Å²) < 4.78 is 0. The van der Waals surface area contributed by atoms with E-state index >= 15 is 0 Å². The quantitative estimate of drug-likeness (QED) is 0.153. The van der Waals surface area contributed by atoms with E-state index in [9.17, 15) is 0 Å². The Labute approximate surface area is 51.5 Å². The van der Waals surface area contributed by atoms with Gasteiger partial charge in [0.2, 0.25) is 0 Å². The number of rotatable bonds is 0. The van der Waals surface area contributed by atoms with E-state index in [0.717, 1.165) is 0 Å². The van der Waals surface area contributed by atoms with Gasteiger partial charge >= 0.3 is 18.9 Å². The van der Waals surface area contributed by atoms with Crippen molar-refractivity contribution in [1.29, 1.82) is 0 Å². The van der Waals surface area contributed by atoms with Gasteiger partial charge in [-0.25, -0.2) is 0 Å². The van der Waals surface area contributed by atoms with Gasteiger partial charge in [0.15, 0.2) is 0 Å². The first-order chi connectivity index (χ1) is 2.83. The van der Waals surface area contributed by atoms with E-state index in [1.807, 2.05) is 0 Å². The van der Waals surface area contributed by atoms with Crippen LogP contribution in [0.3, 0.4) is 0 Å². The summed E-state index contributed by atoms with van der Waals surface area (Å²) in [5.74, 6) is 0. The monoisotopic (exact) mass is 91.0 g/mol. The molecule has 0 atom stereocenters. The smallest absolute Gasteiger partial charge is 0.373 e. The van der Waals surface area contributed by atoms with E-state index in [2.05, 4.69) is 0 Å². The van der Waals surface area contributed by atoms with Gasteiger partial charge in [-0.05, 0) is 0 Å². The fraction of sp³-hybridized carbons (Fsp3) is 0. The minimum atomic E-state index is 0. The zero-order valence-corrected chi connectivity index (χ0v) is 3.68. The molecule has 0 aliphatic heterocycles. The maximum Gasteiger partial charge on any atom is 1.00 e. The summed E-state index contributed by atoms with van der Waals surface area (Å²) >= 11 is 0. The van der Waals surface area contributed by atoms with Crippen LogP contribution in [0.4, 0.5) is 0 Å². The van der Waals surface area contributed by atoms with Crippen molar-refractivity contribution in [3.8, 4) is 0 Å². The zero-order valence-electron chi connectivity index (χ0n) is 3.68. The third-order valence-electron chi connectivity index (χ3n) is 0. The molecule has 0 aromatic heterocycles. The molecule has 32 valence electrons. The van der Waals surface area contributed by atoms with Crippen molar-refractivity contribution in [2.45, 2.75) is 0 Å². The van der Waals surface area contributed by atoms with Crippen LogP contribution in [0.1, 0.15) is 0 Å². The molecule has 0 radical (unpaired) electrons. The van der Waals surface area contributed by atoms with Crippen LogP contribution < -0.4 is 18.9 Å². The van der Waals surface area contributed by atoms with E-state index in [1.54, 1.807) is 0 Å². The molecule has 0 amide bonds. The summed E-state index contributed by atoms with van der Waals surface area (Å²) in [6.45, 7) is 0. The first-order valence-electron chi connectivity index (χ1n) is 0.800. The molecule has 0 heterocycles. The number of hydrogen-bond donors (Lipinski definition) is 0. The molecule has 0 unspecified atom stereocenters. The minimum Gasteiger partial charge on any atom is -0.373 e. The molecule has 0 spiro atoms. The molecular weight excluding hydrogens is 91.0 g/mol. The molecule has 6 nitrogen and oxygen atoms in total. The van der Waals surface area contributed by atoms with Crippen LogP contribution >= 0.6 is 0 Å². The summed E-state index contributed by atoms with van der Waals surface area (Å²) in [7, 11) is 0. The Kier molecular flexibility index (Phi) is 146. The standard InChI is InChI=1S/Li.2N3/c;2*1-3-2/q+1;2*-1. The van der Waals surface area contributed by atoms with Crippen molar-refractivity contribution >= 4 is 0 Å². The first-order valence-corrected chi connectivity index (χ1v) is 0.800. The Balaban J connectivity index is -0.0000000400. The Morgan fingerprint density at radius 3 is 0.714 bits per heavy atom. The van der Waals surface area contributed by atoms with Gasteiger partial charge in [0.05, 0.1) is 0 Å². The van der Waals surface area contributed by atoms with Gasteiger partial charge < -0.3 is 22.1 Å². The van der Waals surface area contributed by atoms with Crippen LogP contribution in [0.5, 0.6) is 0 Å². The molecule has 0 N–H and O–H groups in total. The van der Waals surface area contributed by atoms with Crippen LogP contribution in [0, 0.1) is 0 Å². The fourth-order valence-corrected chi connectivity index (χ4v) is 0. The molecule has 0 aliphatic rings. The van der Waals surface area contributed by atoms with Gasteiger partial charge in [0, 0.05) is 0 Å². The topological polar surface area (TPSA) is 117 Å². The van der Waals surface area contributed by atoms with Crippen molar-refractivity contribution in [1.82, 2.24) is 0 Å². The molecule has 0 saturated heterocycles. The van der Waals surface area contributed by atoms with Gasteiger partial charge in [0.25, 0.3) is 0 Å². The second-order valence-corrected chi connectivity index (χ2v) is 0.179. The van der Waals surface area contributed by atoms with E-state index in [4.69, 9.17) is 22.1 Å². The van der Waals surface area contributed by atoms with Crippen molar-refractivity contribution in [3.63, 3.8) is 0 Å². The van der Waals surface area contributed by atoms with Crippen LogP contribution in [0.2, 0.25) is 0 Å². The van der Waals surface area contributed by atoms with Crippen molar-refractivity contribution < 1.29 is 18.9 Å². The van der Waals surface area contributed by atoms with Crippen molar-refractivity contribution in [2.24, 2.45) is 0 Å². The maximum absolute atomic E-state index is 6.75. The Morgan fingerprint density at radius 2 is 0.714 bits per heavy atom. The van der Waals surface area contributed by atoms with Gasteiger partial charge in [-0.1, -0.05) is 0 Å². The Morgan fingerprint density at radius 1 is 0.714 bits per heavy atom. The molecule has 0 rings (SSSR count). The van der Waals surface area contributed by atoms with E-state index in [1.165, 1.54) is 9.82 Å². The average Bonchev–Trinajstić information content (AvgIpc) is 1.39. The largest absolute Gasteiger partial charge is 1.00 e. The number of nitrogens with zero attached hydrogens (tertiary/aromatic N) is 6. The van der Waals surface area contributed by atoms with Crippen LogP contribution in [-0.4, -0.2) is 0 Å². The van der Waals surface area contributed by atoms with Crippen LogP contribution in [0.15, 0.2) is 0 Å². The molecular formula is LiN6-. The van der Waals surface area contributed by atoms with Gasteiger partial charge in [-0.3, -0.25) is 9.82 Å². The molecule has 0 fully saturated rings. The predicted octanol–water partition coefficient (Wildman–Crippen LogP) is -1.26. The Hall–Kier alpha value is -0.783. The normalized spacial score (nSPS) is 2.29. The van der Waals surface area contributed by atoms with Gasteiger partial charge in [0.1, 0.15) is 0 Å². The van der Waals surface area contributed by atoms with Crippen LogP contribution in [-0.2, 0) is 0 Å². The van der Waals surface area contributed by atoms with E-state index < -0.39 is 0 Å². The fourth-order valence-electron chi connectivity index (χ4n) is 0. The Bertz CT molecular complexity index is 58.2. The number of hydrogen-bond acceptors (Lipinski definition) is 0. The second-order valence-electron chi connectivity index (χ2n) is 0.179. The molecule has 0 saturated carbocycles. The summed E-state index contributed by atoms with van der Waals surface area (Å²) in [6, 6.07) is 0. The minimum absolute atomic E-state index is 0. The molecule has 0 aliphatic carbocycles. The summed E-state index contributed by atoms with van der Waals surface area (Å²) in [4.78, 5) is 3.00. The van der Waals surface area contributed by atoms with Crippen LogP contribution in [0.25, 0.3) is 31.9 Å². The second kappa shape index (κ2) is 62.6. The molecule has 7 heteroatoms. The zero-order chi connectivity index (χ0) is 5.41. The van der Waals surface area contributed by atoms with Gasteiger partial charge in [-0.15, -0.1) is 0 Å². The molecule has 0 aromatic rings. The van der Waals surface area contributed by atoms with E-state index in [0.29, 0.717) is 0 Å². The van der Waals surface area contributed by atoms with E-state index in [-0.39, 0.29) is 18.9 Å². The predicted molar refractivity (Wildman–Crippen MR) is 20.2 cm³/mol.